The quantitative estimate of drug-likeness (QED) is 0.570. The van der Waals surface area contributed by atoms with Crippen molar-refractivity contribution in [2.75, 3.05) is 0 Å². The van der Waals surface area contributed by atoms with Gasteiger partial charge in [-0.3, -0.25) is 9.59 Å². The van der Waals surface area contributed by atoms with Gasteiger partial charge in [0.15, 0.2) is 0 Å². The number of carbonyl (C=O) groups is 2. The van der Waals surface area contributed by atoms with E-state index in [-0.39, 0.29) is 24.6 Å². The van der Waals surface area contributed by atoms with Crippen LogP contribution in [0.4, 0.5) is 4.79 Å². The molecule has 144 valence electrons. The van der Waals surface area contributed by atoms with Gasteiger partial charge < -0.3 is 20.7 Å². The third-order valence-electron chi connectivity index (χ3n) is 4.29. The van der Waals surface area contributed by atoms with Crippen molar-refractivity contribution in [1.82, 2.24) is 15.6 Å². The van der Waals surface area contributed by atoms with Crippen LogP contribution in [0.25, 0.3) is 0 Å². The average Bonchev–Trinajstić information content (AvgIpc) is 2.59. The molecule has 1 unspecified atom stereocenters. The van der Waals surface area contributed by atoms with E-state index in [1.807, 2.05) is 43.3 Å². The van der Waals surface area contributed by atoms with Crippen molar-refractivity contribution in [2.45, 2.75) is 45.7 Å². The molecule has 2 aromatic rings. The summed E-state index contributed by atoms with van der Waals surface area (Å²) in [5.74, 6) is -0.905. The van der Waals surface area contributed by atoms with Crippen molar-refractivity contribution in [3.05, 3.63) is 69.1 Å². The van der Waals surface area contributed by atoms with Gasteiger partial charge in [-0.05, 0) is 43.9 Å². The van der Waals surface area contributed by atoms with E-state index in [4.69, 9.17) is 5.11 Å². The van der Waals surface area contributed by atoms with Crippen LogP contribution in [0.1, 0.15) is 35.2 Å². The normalized spacial score (nSPS) is 11.6. The molecular weight excluding hydrogens is 346 g/mol. The summed E-state index contributed by atoms with van der Waals surface area (Å²) < 4.78 is 0. The fourth-order valence-electron chi connectivity index (χ4n) is 2.93. The molecule has 0 bridgehead atoms. The predicted octanol–water partition coefficient (Wildman–Crippen LogP) is 2.27. The molecule has 0 aliphatic heterocycles. The van der Waals surface area contributed by atoms with Crippen LogP contribution in [0, 0.1) is 13.8 Å². The summed E-state index contributed by atoms with van der Waals surface area (Å²) in [4.78, 5) is 37.9. The van der Waals surface area contributed by atoms with Crippen LogP contribution in [0.2, 0.25) is 0 Å². The number of nitrogens with one attached hydrogen (secondary N) is 3. The molecule has 1 aromatic carbocycles. The number of rotatable bonds is 8. The van der Waals surface area contributed by atoms with Crippen molar-refractivity contribution >= 4 is 12.0 Å². The lowest BCUT2D eigenvalue weighted by Crippen LogP contribution is -2.43. The van der Waals surface area contributed by atoms with Crippen LogP contribution in [0.15, 0.2) is 41.2 Å². The lowest BCUT2D eigenvalue weighted by atomic mass is 10.0. The summed E-state index contributed by atoms with van der Waals surface area (Å²) in [5, 5.41) is 14.4. The molecule has 7 heteroatoms. The number of aromatic amines is 1. The summed E-state index contributed by atoms with van der Waals surface area (Å²) >= 11 is 0. The minimum atomic E-state index is -0.905. The molecule has 7 nitrogen and oxygen atoms in total. The number of H-pyrrole nitrogens is 1. The van der Waals surface area contributed by atoms with Crippen molar-refractivity contribution in [3.63, 3.8) is 0 Å². The molecule has 1 heterocycles. The van der Waals surface area contributed by atoms with E-state index in [1.165, 1.54) is 0 Å². The Bertz CT molecular complexity index is 846. The SMILES string of the molecule is Cc1cc(C)c(CNC(=O)NC(CCC(=O)O)Cc2ccccc2)c(=O)[nH]1. The maximum atomic E-state index is 12.3. The van der Waals surface area contributed by atoms with Gasteiger partial charge in [-0.2, -0.15) is 0 Å². The molecular formula is C20H25N3O4. The topological polar surface area (TPSA) is 111 Å². The zero-order valence-corrected chi connectivity index (χ0v) is 15.5. The van der Waals surface area contributed by atoms with Gasteiger partial charge in [-0.25, -0.2) is 4.79 Å². The van der Waals surface area contributed by atoms with Crippen molar-refractivity contribution < 1.29 is 14.7 Å². The maximum Gasteiger partial charge on any atom is 0.315 e. The molecule has 0 saturated heterocycles. The predicted molar refractivity (Wildman–Crippen MR) is 103 cm³/mol. The van der Waals surface area contributed by atoms with Crippen molar-refractivity contribution in [3.8, 4) is 0 Å². The third kappa shape index (κ3) is 6.62. The van der Waals surface area contributed by atoms with Gasteiger partial charge in [0.05, 0.1) is 6.54 Å². The number of pyridine rings is 1. The van der Waals surface area contributed by atoms with E-state index in [0.717, 1.165) is 16.8 Å². The standard InChI is InChI=1S/C20H25N3O4/c1-13-10-14(2)22-19(26)17(13)12-21-20(27)23-16(8-9-18(24)25)11-15-6-4-3-5-7-15/h3-7,10,16H,8-9,11-12H2,1-2H3,(H,22,26)(H,24,25)(H2,21,23,27). The number of aromatic nitrogens is 1. The van der Waals surface area contributed by atoms with E-state index in [1.54, 1.807) is 6.92 Å². The van der Waals surface area contributed by atoms with Crippen molar-refractivity contribution in [1.29, 1.82) is 0 Å². The third-order valence-corrected chi connectivity index (χ3v) is 4.29. The van der Waals surface area contributed by atoms with Gasteiger partial charge in [-0.1, -0.05) is 30.3 Å². The summed E-state index contributed by atoms with van der Waals surface area (Å²) in [6, 6.07) is 10.7. The number of carbonyl (C=O) groups excluding carboxylic acids is 1. The minimum Gasteiger partial charge on any atom is -0.481 e. The van der Waals surface area contributed by atoms with E-state index >= 15 is 0 Å². The summed E-state index contributed by atoms with van der Waals surface area (Å²) in [6.45, 7) is 3.72. The second-order valence-corrected chi connectivity index (χ2v) is 6.59. The molecule has 0 saturated carbocycles. The Hall–Kier alpha value is -3.09. The highest BCUT2D eigenvalue weighted by Gasteiger charge is 2.15. The first-order valence-corrected chi connectivity index (χ1v) is 8.84. The second kappa shape index (κ2) is 9.56. The Morgan fingerprint density at radius 2 is 1.89 bits per heavy atom. The zero-order valence-electron chi connectivity index (χ0n) is 15.5. The monoisotopic (exact) mass is 371 g/mol. The van der Waals surface area contributed by atoms with E-state index in [2.05, 4.69) is 15.6 Å². The van der Waals surface area contributed by atoms with Crippen LogP contribution in [0.3, 0.4) is 0 Å². The fourth-order valence-corrected chi connectivity index (χ4v) is 2.93. The number of benzene rings is 1. The van der Waals surface area contributed by atoms with Crippen molar-refractivity contribution in [2.24, 2.45) is 0 Å². The molecule has 0 spiro atoms. The van der Waals surface area contributed by atoms with Gasteiger partial charge in [0, 0.05) is 23.7 Å². The Morgan fingerprint density at radius 3 is 2.52 bits per heavy atom. The fraction of sp³-hybridized carbons (Fsp3) is 0.350. The van der Waals surface area contributed by atoms with E-state index in [9.17, 15) is 14.4 Å². The first-order valence-electron chi connectivity index (χ1n) is 8.84. The largest absolute Gasteiger partial charge is 0.481 e. The Balaban J connectivity index is 1.98. The summed E-state index contributed by atoms with van der Waals surface area (Å²) in [5.41, 5.74) is 2.87. The van der Waals surface area contributed by atoms with E-state index < -0.39 is 12.0 Å². The van der Waals surface area contributed by atoms with Crippen LogP contribution in [-0.4, -0.2) is 28.1 Å². The summed E-state index contributed by atoms with van der Waals surface area (Å²) in [7, 11) is 0. The molecule has 1 aromatic heterocycles. The molecule has 27 heavy (non-hydrogen) atoms. The molecule has 0 aliphatic rings. The smallest absolute Gasteiger partial charge is 0.315 e. The number of amides is 2. The maximum absolute atomic E-state index is 12.3. The number of hydrogen-bond acceptors (Lipinski definition) is 3. The Kier molecular flexibility index (Phi) is 7.16. The molecule has 1 atom stereocenters. The van der Waals surface area contributed by atoms with Crippen LogP contribution < -0.4 is 16.2 Å². The molecule has 2 rings (SSSR count). The van der Waals surface area contributed by atoms with E-state index in [0.29, 0.717) is 18.4 Å². The first-order chi connectivity index (χ1) is 12.8. The number of aryl methyl sites for hydroxylation is 2. The molecule has 4 N–H and O–H groups in total. The first kappa shape index (κ1) is 20.2. The highest BCUT2D eigenvalue weighted by atomic mass is 16.4. The molecule has 0 aliphatic carbocycles. The number of urea groups is 1. The zero-order chi connectivity index (χ0) is 19.8. The second-order valence-electron chi connectivity index (χ2n) is 6.59. The minimum absolute atomic E-state index is 0.0332. The Morgan fingerprint density at radius 1 is 1.19 bits per heavy atom. The van der Waals surface area contributed by atoms with Crippen LogP contribution in [-0.2, 0) is 17.8 Å². The van der Waals surface area contributed by atoms with Gasteiger partial charge in [-0.15, -0.1) is 0 Å². The number of carboxylic acid groups (broad SMARTS) is 1. The molecule has 0 fully saturated rings. The molecule has 2 amide bonds. The van der Waals surface area contributed by atoms with Gasteiger partial charge >= 0.3 is 12.0 Å². The highest BCUT2D eigenvalue weighted by molar-refractivity contribution is 5.74. The number of carboxylic acids is 1. The van der Waals surface area contributed by atoms with Crippen LogP contribution >= 0.6 is 0 Å². The Labute approximate surface area is 157 Å². The van der Waals surface area contributed by atoms with Gasteiger partial charge in [0.1, 0.15) is 0 Å². The number of aliphatic carboxylic acids is 1. The van der Waals surface area contributed by atoms with Gasteiger partial charge in [0.25, 0.3) is 5.56 Å². The average molecular weight is 371 g/mol. The van der Waals surface area contributed by atoms with Gasteiger partial charge in [0.2, 0.25) is 0 Å². The highest BCUT2D eigenvalue weighted by Crippen LogP contribution is 2.08. The number of hydrogen-bond donors (Lipinski definition) is 4. The lowest BCUT2D eigenvalue weighted by Gasteiger charge is -2.19. The summed E-state index contributed by atoms with van der Waals surface area (Å²) in [6.07, 6.45) is 0.821. The molecule has 0 radical (unpaired) electrons. The van der Waals surface area contributed by atoms with Crippen LogP contribution in [0.5, 0.6) is 0 Å². The lowest BCUT2D eigenvalue weighted by molar-refractivity contribution is -0.137.